The van der Waals surface area contributed by atoms with E-state index in [1.54, 1.807) is 12.4 Å². The quantitative estimate of drug-likeness (QED) is 0.101. The number of hydrogen-bond donors (Lipinski definition) is 4. The average Bonchev–Trinajstić information content (AvgIpc) is 4.08. The molecule has 3 aliphatic rings. The highest BCUT2D eigenvalue weighted by Crippen LogP contribution is 2.52. The molecule has 3 fully saturated rings. The molecule has 2 bridgehead atoms. The highest BCUT2D eigenvalue weighted by atomic mass is 16.5. The summed E-state index contributed by atoms with van der Waals surface area (Å²) in [5, 5.41) is 5.26. The SMILES string of the molecule is COC(=O)NC(C(=O)N1CCCC1c1ncc(-c2ccc(-c3ccc(-c4cnc(C5CC6CCC5C6)[nH]4)cc3)cc2C)[nH]1)C(C)C.O=CNCc1cccnc1. The highest BCUT2D eigenvalue weighted by Gasteiger charge is 2.41. The number of aromatic amines is 2. The van der Waals surface area contributed by atoms with Crippen molar-refractivity contribution in [3.8, 4) is 33.6 Å². The molecule has 2 aromatic carbocycles. The molecule has 0 radical (unpaired) electrons. The molecule has 12 heteroatoms. The second kappa shape index (κ2) is 17.3. The van der Waals surface area contributed by atoms with Crippen LogP contribution in [-0.2, 0) is 20.9 Å². The van der Waals surface area contributed by atoms with Crippen molar-refractivity contribution in [3.63, 3.8) is 0 Å². The summed E-state index contributed by atoms with van der Waals surface area (Å²) in [4.78, 5) is 57.6. The summed E-state index contributed by atoms with van der Waals surface area (Å²) in [6.45, 7) is 7.14. The zero-order valence-corrected chi connectivity index (χ0v) is 32.6. The van der Waals surface area contributed by atoms with E-state index in [0.717, 1.165) is 75.3 Å². The van der Waals surface area contributed by atoms with Gasteiger partial charge in [0.25, 0.3) is 0 Å². The summed E-state index contributed by atoms with van der Waals surface area (Å²) >= 11 is 0. The Morgan fingerprint density at radius 2 is 1.68 bits per heavy atom. The lowest BCUT2D eigenvalue weighted by atomic mass is 9.88. The molecule has 1 saturated heterocycles. The fourth-order valence-electron chi connectivity index (χ4n) is 8.74. The minimum atomic E-state index is -0.657. The molecule has 56 heavy (non-hydrogen) atoms. The fraction of sp³-hybridized carbons (Fsp3) is 0.409. The number of nitrogens with one attached hydrogen (secondary N) is 4. The van der Waals surface area contributed by atoms with E-state index in [1.165, 1.54) is 38.6 Å². The van der Waals surface area contributed by atoms with Gasteiger partial charge in [0.05, 0.1) is 36.9 Å². The number of methoxy groups -OCH3 is 1. The van der Waals surface area contributed by atoms with E-state index >= 15 is 0 Å². The number of benzene rings is 2. The maximum Gasteiger partial charge on any atom is 0.407 e. The number of nitrogens with zero attached hydrogens (tertiary/aromatic N) is 4. The van der Waals surface area contributed by atoms with Crippen LogP contribution in [0.5, 0.6) is 0 Å². The Morgan fingerprint density at radius 1 is 0.929 bits per heavy atom. The molecule has 4 heterocycles. The summed E-state index contributed by atoms with van der Waals surface area (Å²) in [5.74, 6) is 4.07. The number of amides is 3. The minimum Gasteiger partial charge on any atom is -0.453 e. The van der Waals surface area contributed by atoms with E-state index in [9.17, 15) is 14.4 Å². The van der Waals surface area contributed by atoms with E-state index in [2.05, 4.69) is 75.0 Å². The monoisotopic (exact) mass is 756 g/mol. The molecule has 5 aromatic rings. The average molecular weight is 757 g/mol. The molecular weight excluding hydrogens is 705 g/mol. The second-order valence-corrected chi connectivity index (χ2v) is 15.7. The van der Waals surface area contributed by atoms with Crippen molar-refractivity contribution < 1.29 is 19.1 Å². The Morgan fingerprint density at radius 3 is 2.36 bits per heavy atom. The molecule has 4 N–H and O–H groups in total. The van der Waals surface area contributed by atoms with Crippen LogP contribution in [0.3, 0.4) is 0 Å². The third kappa shape index (κ3) is 8.54. The van der Waals surface area contributed by atoms with Crippen LogP contribution in [0, 0.1) is 24.7 Å². The van der Waals surface area contributed by atoms with Gasteiger partial charge in [-0.05, 0) is 90.7 Å². The van der Waals surface area contributed by atoms with E-state index in [0.29, 0.717) is 25.4 Å². The Kier molecular flexibility index (Phi) is 11.9. The first-order valence-corrected chi connectivity index (χ1v) is 19.7. The van der Waals surface area contributed by atoms with Crippen molar-refractivity contribution in [2.24, 2.45) is 17.8 Å². The smallest absolute Gasteiger partial charge is 0.407 e. The van der Waals surface area contributed by atoms with E-state index in [-0.39, 0.29) is 17.9 Å². The largest absolute Gasteiger partial charge is 0.453 e. The highest BCUT2D eigenvalue weighted by molar-refractivity contribution is 5.86. The number of carbonyl (C=O) groups excluding carboxylic acids is 3. The number of hydrogen-bond acceptors (Lipinski definition) is 7. The van der Waals surface area contributed by atoms with Crippen molar-refractivity contribution in [2.45, 2.75) is 83.8 Å². The lowest BCUT2D eigenvalue weighted by molar-refractivity contribution is -0.135. The van der Waals surface area contributed by atoms with Crippen molar-refractivity contribution >= 4 is 18.4 Å². The number of ether oxygens (including phenoxy) is 1. The van der Waals surface area contributed by atoms with Gasteiger partial charge in [0.15, 0.2) is 0 Å². The first-order valence-electron chi connectivity index (χ1n) is 19.7. The third-order valence-corrected chi connectivity index (χ3v) is 11.7. The lowest BCUT2D eigenvalue weighted by Gasteiger charge is -2.30. The van der Waals surface area contributed by atoms with Crippen molar-refractivity contribution in [3.05, 3.63) is 102 Å². The van der Waals surface area contributed by atoms with Crippen LogP contribution in [0.4, 0.5) is 4.79 Å². The first-order chi connectivity index (χ1) is 27.2. The zero-order valence-electron chi connectivity index (χ0n) is 32.6. The molecule has 292 valence electrons. The fourth-order valence-corrected chi connectivity index (χ4v) is 8.74. The van der Waals surface area contributed by atoms with Crippen molar-refractivity contribution in [1.29, 1.82) is 0 Å². The number of likely N-dealkylation sites (tertiary alicyclic amines) is 1. The van der Waals surface area contributed by atoms with Gasteiger partial charge in [-0.25, -0.2) is 14.8 Å². The molecule has 12 nitrogen and oxygen atoms in total. The maximum atomic E-state index is 13.5. The number of aromatic nitrogens is 5. The van der Waals surface area contributed by atoms with Gasteiger partial charge in [-0.2, -0.15) is 0 Å². The molecule has 0 spiro atoms. The van der Waals surface area contributed by atoms with Crippen LogP contribution >= 0.6 is 0 Å². The van der Waals surface area contributed by atoms with Crippen LogP contribution < -0.4 is 10.6 Å². The number of fused-ring (bicyclic) bond motifs is 2. The number of H-pyrrole nitrogens is 2. The molecule has 3 amide bonds. The van der Waals surface area contributed by atoms with Gasteiger partial charge in [-0.3, -0.25) is 14.6 Å². The number of aryl methyl sites for hydroxylation is 1. The summed E-state index contributed by atoms with van der Waals surface area (Å²) in [6, 6.07) is 18.1. The van der Waals surface area contributed by atoms with Gasteiger partial charge in [-0.1, -0.05) is 68.8 Å². The first kappa shape index (κ1) is 38.5. The van der Waals surface area contributed by atoms with Gasteiger partial charge < -0.3 is 30.2 Å². The van der Waals surface area contributed by atoms with Gasteiger partial charge in [0.1, 0.15) is 17.7 Å². The Labute approximate surface area is 328 Å². The van der Waals surface area contributed by atoms with E-state index in [4.69, 9.17) is 14.7 Å². The normalized spacial score (nSPS) is 20.3. The van der Waals surface area contributed by atoms with E-state index in [1.807, 2.05) is 43.3 Å². The van der Waals surface area contributed by atoms with Crippen LogP contribution in [0.1, 0.15) is 87.1 Å². The Balaban J connectivity index is 0.000000420. The molecule has 8 rings (SSSR count). The summed E-state index contributed by atoms with van der Waals surface area (Å²) < 4.78 is 4.76. The molecule has 2 saturated carbocycles. The number of pyridine rings is 1. The van der Waals surface area contributed by atoms with Gasteiger partial charge in [-0.15, -0.1) is 0 Å². The maximum absolute atomic E-state index is 13.5. The molecule has 3 aromatic heterocycles. The van der Waals surface area contributed by atoms with Gasteiger partial charge in [0, 0.05) is 37.0 Å². The summed E-state index contributed by atoms with van der Waals surface area (Å²) in [5.41, 5.74) is 8.72. The predicted octanol–water partition coefficient (Wildman–Crippen LogP) is 7.72. The second-order valence-electron chi connectivity index (χ2n) is 15.7. The zero-order chi connectivity index (χ0) is 39.2. The number of carbonyl (C=O) groups is 3. The molecule has 1 aliphatic heterocycles. The van der Waals surface area contributed by atoms with Gasteiger partial charge >= 0.3 is 6.09 Å². The Bertz CT molecular complexity index is 2110. The van der Waals surface area contributed by atoms with Crippen LogP contribution in [0.25, 0.3) is 33.6 Å². The minimum absolute atomic E-state index is 0.0765. The van der Waals surface area contributed by atoms with Crippen molar-refractivity contribution in [1.82, 2.24) is 40.5 Å². The molecule has 2 aliphatic carbocycles. The Hall–Kier alpha value is -5.78. The molecule has 5 unspecified atom stereocenters. The summed E-state index contributed by atoms with van der Waals surface area (Å²) in [6.07, 6.45) is 14.5. The number of alkyl carbamates (subject to hydrolysis) is 1. The number of rotatable bonds is 11. The predicted molar refractivity (Wildman–Crippen MR) is 215 cm³/mol. The van der Waals surface area contributed by atoms with Crippen molar-refractivity contribution in [2.75, 3.05) is 13.7 Å². The third-order valence-electron chi connectivity index (χ3n) is 11.7. The topological polar surface area (TPSA) is 158 Å². The van der Waals surface area contributed by atoms with Crippen LogP contribution in [0.2, 0.25) is 0 Å². The van der Waals surface area contributed by atoms with E-state index < -0.39 is 12.1 Å². The van der Waals surface area contributed by atoms with Crippen LogP contribution in [-0.4, -0.2) is 67.9 Å². The van der Waals surface area contributed by atoms with Crippen LogP contribution in [0.15, 0.2) is 79.4 Å². The standard InChI is InChI=1S/C37H44N6O3.C7H8N2O/c1-21(2)33(42-37(45)46-4)36(44)43-15-5-6-32(43)35-39-20-31(41-35)28-14-13-26(16-22(28)3)24-9-11-25(12-10-24)30-19-38-34(40-30)29-18-23-7-8-27(29)17-23;10-6-9-5-7-2-1-3-8-4-7/h9-14,16,19-21,23,27,29,32-33H,5-8,15,17-18H2,1-4H3,(H,38,40)(H,39,41)(H,42,45);1-4,6H,5H2,(H,9,10). The van der Waals surface area contributed by atoms with Gasteiger partial charge in [0.2, 0.25) is 12.3 Å². The number of imidazole rings is 2. The molecular formula is C44H52N8O4. The lowest BCUT2D eigenvalue weighted by Crippen LogP contribution is -2.51. The summed E-state index contributed by atoms with van der Waals surface area (Å²) in [7, 11) is 1.31. The molecule has 5 atom stereocenters.